The van der Waals surface area contributed by atoms with Crippen molar-refractivity contribution in [2.45, 2.75) is 20.3 Å². The summed E-state index contributed by atoms with van der Waals surface area (Å²) in [6, 6.07) is 5.48. The molecular formula is C15H20O4. The van der Waals surface area contributed by atoms with Gasteiger partial charge in [0.1, 0.15) is 5.75 Å². The number of allylic oxidation sites excluding steroid dienone is 1. The van der Waals surface area contributed by atoms with E-state index in [2.05, 4.69) is 0 Å². The quantitative estimate of drug-likeness (QED) is 0.581. The van der Waals surface area contributed by atoms with Gasteiger partial charge in [0.15, 0.2) is 5.78 Å². The molecule has 1 aromatic carbocycles. The molecule has 0 heterocycles. The van der Waals surface area contributed by atoms with Gasteiger partial charge in [-0.1, -0.05) is 6.07 Å². The van der Waals surface area contributed by atoms with Gasteiger partial charge in [-0.2, -0.15) is 0 Å². The summed E-state index contributed by atoms with van der Waals surface area (Å²) in [5.41, 5.74) is 2.38. The molecule has 4 heteroatoms. The van der Waals surface area contributed by atoms with Gasteiger partial charge >= 0.3 is 0 Å². The second-order valence-electron chi connectivity index (χ2n) is 4.34. The fourth-order valence-corrected chi connectivity index (χ4v) is 1.79. The van der Waals surface area contributed by atoms with Crippen LogP contribution in [-0.4, -0.2) is 35.8 Å². The van der Waals surface area contributed by atoms with E-state index in [4.69, 9.17) is 9.84 Å². The summed E-state index contributed by atoms with van der Waals surface area (Å²) < 4.78 is 5.47. The zero-order valence-electron chi connectivity index (χ0n) is 11.3. The molecule has 0 aromatic heterocycles. The molecule has 0 saturated carbocycles. The Morgan fingerprint density at radius 1 is 1.37 bits per heavy atom. The molecular weight excluding hydrogens is 244 g/mol. The summed E-state index contributed by atoms with van der Waals surface area (Å²) in [7, 11) is 0. The molecule has 0 amide bonds. The number of carbonyl (C=O) groups excluding carboxylic acids is 1. The highest BCUT2D eigenvalue weighted by atomic mass is 16.5. The van der Waals surface area contributed by atoms with Crippen molar-refractivity contribution in [3.63, 3.8) is 0 Å². The van der Waals surface area contributed by atoms with Crippen LogP contribution < -0.4 is 4.74 Å². The first-order chi connectivity index (χ1) is 9.08. The van der Waals surface area contributed by atoms with Crippen molar-refractivity contribution in [2.75, 3.05) is 19.8 Å². The van der Waals surface area contributed by atoms with E-state index in [1.165, 1.54) is 13.0 Å². The van der Waals surface area contributed by atoms with Gasteiger partial charge in [0.05, 0.1) is 13.2 Å². The molecule has 0 saturated heterocycles. The van der Waals surface area contributed by atoms with Crippen LogP contribution in [0, 0.1) is 6.92 Å². The summed E-state index contributed by atoms with van der Waals surface area (Å²) in [4.78, 5) is 11.1. The average Bonchev–Trinajstić information content (AvgIpc) is 2.37. The maximum atomic E-state index is 11.1. The van der Waals surface area contributed by atoms with Gasteiger partial charge in [0.2, 0.25) is 0 Å². The van der Waals surface area contributed by atoms with E-state index in [0.717, 1.165) is 16.9 Å². The number of aryl methyl sites for hydroxylation is 1. The topological polar surface area (TPSA) is 66.8 Å². The minimum Gasteiger partial charge on any atom is -0.493 e. The van der Waals surface area contributed by atoms with Crippen LogP contribution in [0.4, 0.5) is 0 Å². The van der Waals surface area contributed by atoms with Crippen LogP contribution in [0.5, 0.6) is 5.75 Å². The van der Waals surface area contributed by atoms with E-state index in [0.29, 0.717) is 18.6 Å². The molecule has 0 fully saturated rings. The van der Waals surface area contributed by atoms with Crippen LogP contribution in [0.15, 0.2) is 24.3 Å². The first-order valence-electron chi connectivity index (χ1n) is 6.25. The molecule has 0 aliphatic carbocycles. The average molecular weight is 264 g/mol. The van der Waals surface area contributed by atoms with Gasteiger partial charge in [0.25, 0.3) is 0 Å². The molecule has 0 aliphatic rings. The summed E-state index contributed by atoms with van der Waals surface area (Å²) in [5.74, 6) is 0.626. The molecule has 0 radical (unpaired) electrons. The van der Waals surface area contributed by atoms with Crippen LogP contribution >= 0.6 is 0 Å². The number of ketones is 1. The Morgan fingerprint density at radius 2 is 2.11 bits per heavy atom. The Kier molecular flexibility index (Phi) is 6.25. The number of hydrogen-bond donors (Lipinski definition) is 2. The maximum absolute atomic E-state index is 11.1. The van der Waals surface area contributed by atoms with Gasteiger partial charge in [-0.25, -0.2) is 0 Å². The molecule has 19 heavy (non-hydrogen) atoms. The predicted molar refractivity (Wildman–Crippen MR) is 74.1 cm³/mol. The van der Waals surface area contributed by atoms with E-state index >= 15 is 0 Å². The zero-order chi connectivity index (χ0) is 14.3. The van der Waals surface area contributed by atoms with Crippen molar-refractivity contribution in [1.82, 2.24) is 0 Å². The highest BCUT2D eigenvalue weighted by Crippen LogP contribution is 2.23. The Hall–Kier alpha value is -1.65. The summed E-state index contributed by atoms with van der Waals surface area (Å²) >= 11 is 0. The van der Waals surface area contributed by atoms with Gasteiger partial charge in [-0.3, -0.25) is 4.79 Å². The fourth-order valence-electron chi connectivity index (χ4n) is 1.79. The van der Waals surface area contributed by atoms with Crippen molar-refractivity contribution in [3.8, 4) is 5.75 Å². The Balaban J connectivity index is 2.90. The van der Waals surface area contributed by atoms with Gasteiger partial charge in [-0.05, 0) is 48.8 Å². The minimum atomic E-state index is -0.175. The SMILES string of the molecule is CC(=O)/C=C(/CO)c1ccc(OCCCO)cc1C. The smallest absolute Gasteiger partial charge is 0.152 e. The lowest BCUT2D eigenvalue weighted by atomic mass is 10.00. The van der Waals surface area contributed by atoms with Crippen molar-refractivity contribution >= 4 is 11.4 Å². The second kappa shape index (κ2) is 7.71. The van der Waals surface area contributed by atoms with E-state index < -0.39 is 0 Å². The standard InChI is InChI=1S/C15H20O4/c1-11-8-14(19-7-3-6-16)4-5-15(11)13(10-17)9-12(2)18/h4-5,8-9,16-17H,3,6-7,10H2,1-2H3/b13-9-. The fraction of sp³-hybridized carbons (Fsp3) is 0.400. The third-order valence-corrected chi connectivity index (χ3v) is 2.66. The monoisotopic (exact) mass is 264 g/mol. The number of ether oxygens (including phenoxy) is 1. The molecule has 0 unspecified atom stereocenters. The number of aliphatic hydroxyl groups is 2. The third kappa shape index (κ3) is 4.85. The van der Waals surface area contributed by atoms with Gasteiger partial charge < -0.3 is 14.9 Å². The molecule has 2 N–H and O–H groups in total. The lowest BCUT2D eigenvalue weighted by molar-refractivity contribution is -0.112. The molecule has 1 aromatic rings. The number of hydrogen-bond acceptors (Lipinski definition) is 4. The van der Waals surface area contributed by atoms with Crippen LogP contribution in [0.2, 0.25) is 0 Å². The molecule has 0 bridgehead atoms. The third-order valence-electron chi connectivity index (χ3n) is 2.66. The van der Waals surface area contributed by atoms with Crippen LogP contribution in [0.1, 0.15) is 24.5 Å². The maximum Gasteiger partial charge on any atom is 0.152 e. The van der Waals surface area contributed by atoms with Crippen LogP contribution in [0.3, 0.4) is 0 Å². The highest BCUT2D eigenvalue weighted by molar-refractivity contribution is 5.95. The molecule has 0 aliphatic heterocycles. The summed E-state index contributed by atoms with van der Waals surface area (Å²) in [6.45, 7) is 3.75. The number of benzene rings is 1. The molecule has 0 spiro atoms. The van der Waals surface area contributed by atoms with E-state index in [1.807, 2.05) is 19.1 Å². The number of carbonyl (C=O) groups is 1. The molecule has 104 valence electrons. The highest BCUT2D eigenvalue weighted by Gasteiger charge is 2.07. The summed E-state index contributed by atoms with van der Waals surface area (Å²) in [6.07, 6.45) is 2.03. The Morgan fingerprint density at radius 3 is 2.63 bits per heavy atom. The first-order valence-corrected chi connectivity index (χ1v) is 6.25. The summed E-state index contributed by atoms with van der Waals surface area (Å²) in [5, 5.41) is 18.0. The normalized spacial score (nSPS) is 11.5. The number of aliphatic hydroxyl groups excluding tert-OH is 2. The van der Waals surface area contributed by atoms with Crippen molar-refractivity contribution in [3.05, 3.63) is 35.4 Å². The Bertz CT molecular complexity index is 463. The largest absolute Gasteiger partial charge is 0.493 e. The Labute approximate surface area is 113 Å². The van der Waals surface area contributed by atoms with Crippen molar-refractivity contribution in [2.24, 2.45) is 0 Å². The predicted octanol–water partition coefficient (Wildman–Crippen LogP) is 1.72. The van der Waals surface area contributed by atoms with E-state index in [-0.39, 0.29) is 19.0 Å². The lowest BCUT2D eigenvalue weighted by Crippen LogP contribution is -2.01. The minimum absolute atomic E-state index is 0.0910. The molecule has 4 nitrogen and oxygen atoms in total. The second-order valence-corrected chi connectivity index (χ2v) is 4.34. The van der Waals surface area contributed by atoms with Crippen LogP contribution in [-0.2, 0) is 4.79 Å². The lowest BCUT2D eigenvalue weighted by Gasteiger charge is -2.11. The van der Waals surface area contributed by atoms with Gasteiger partial charge in [0, 0.05) is 13.0 Å². The van der Waals surface area contributed by atoms with Crippen molar-refractivity contribution in [1.29, 1.82) is 0 Å². The zero-order valence-corrected chi connectivity index (χ0v) is 11.3. The molecule has 1 rings (SSSR count). The number of rotatable bonds is 7. The van der Waals surface area contributed by atoms with Crippen LogP contribution in [0.25, 0.3) is 5.57 Å². The molecule has 0 atom stereocenters. The first kappa shape index (κ1) is 15.4. The van der Waals surface area contributed by atoms with E-state index in [9.17, 15) is 9.90 Å². The van der Waals surface area contributed by atoms with Gasteiger partial charge in [-0.15, -0.1) is 0 Å². The van der Waals surface area contributed by atoms with E-state index in [1.54, 1.807) is 6.07 Å². The van der Waals surface area contributed by atoms with Crippen molar-refractivity contribution < 1.29 is 19.7 Å².